The van der Waals surface area contributed by atoms with Gasteiger partial charge in [-0.2, -0.15) is 0 Å². The van der Waals surface area contributed by atoms with Crippen molar-refractivity contribution in [3.8, 4) is 0 Å². The summed E-state index contributed by atoms with van der Waals surface area (Å²) in [4.78, 5) is 0. The van der Waals surface area contributed by atoms with Crippen LogP contribution in [0.15, 0.2) is 109 Å². The van der Waals surface area contributed by atoms with Crippen LogP contribution in [0, 0.1) is 11.6 Å². The molecule has 0 bridgehead atoms. The van der Waals surface area contributed by atoms with Crippen molar-refractivity contribution in [2.24, 2.45) is 0 Å². The molecular weight excluding hydrogens is 388 g/mol. The van der Waals surface area contributed by atoms with Crippen LogP contribution in [-0.2, 0) is 0 Å². The van der Waals surface area contributed by atoms with E-state index in [1.807, 2.05) is 38.4 Å². The lowest BCUT2D eigenvalue weighted by molar-refractivity contribution is 0.628. The zero-order chi connectivity index (χ0) is 21.2. The van der Waals surface area contributed by atoms with E-state index in [-0.39, 0.29) is 11.6 Å². The molecule has 0 N–H and O–H groups in total. The third-order valence-corrected chi connectivity index (χ3v) is 7.04. The highest BCUT2D eigenvalue weighted by molar-refractivity contribution is 7.29. The molecule has 0 unspecified atom stereocenters. The third kappa shape index (κ3) is 6.56. The molecule has 30 heavy (non-hydrogen) atoms. The molecule has 5 heteroatoms. The van der Waals surface area contributed by atoms with Gasteiger partial charge in [0.05, 0.1) is 8.67 Å². The molecule has 0 heterocycles. The highest BCUT2D eigenvalue weighted by atomic mass is 28.3. The van der Waals surface area contributed by atoms with E-state index < -0.39 is 8.67 Å². The van der Waals surface area contributed by atoms with Gasteiger partial charge in [-0.25, -0.2) is 8.78 Å². The summed E-state index contributed by atoms with van der Waals surface area (Å²) in [5, 5.41) is 2.61. The molecule has 0 aliphatic heterocycles. The summed E-state index contributed by atoms with van der Waals surface area (Å²) >= 11 is 0. The van der Waals surface area contributed by atoms with Gasteiger partial charge in [0, 0.05) is 0 Å². The molecule has 0 aromatic heterocycles. The maximum atomic E-state index is 13.4. The van der Waals surface area contributed by atoms with Crippen LogP contribution in [0.1, 0.15) is 0 Å². The Bertz CT molecular complexity index is 1000. The lowest BCUT2D eigenvalue weighted by Gasteiger charge is -2.15. The van der Waals surface area contributed by atoms with Gasteiger partial charge in [-0.3, -0.25) is 0 Å². The van der Waals surface area contributed by atoms with Crippen LogP contribution < -0.4 is 21.3 Å². The largest absolute Gasteiger partial charge is 0.207 e. The Labute approximate surface area is 180 Å². The van der Waals surface area contributed by atoms with Crippen molar-refractivity contribution >= 4 is 44.1 Å². The van der Waals surface area contributed by atoms with Crippen molar-refractivity contribution in [3.05, 3.63) is 121 Å². The first-order valence-electron chi connectivity index (χ1n) is 9.79. The summed E-state index contributed by atoms with van der Waals surface area (Å²) in [6, 6.07) is 34.2. The Morgan fingerprint density at radius 1 is 0.567 bits per heavy atom. The fourth-order valence-corrected chi connectivity index (χ4v) is 5.30. The summed E-state index contributed by atoms with van der Waals surface area (Å²) in [7, 11) is 0.804. The summed E-state index contributed by atoms with van der Waals surface area (Å²) in [5.41, 5.74) is 1.87. The average Bonchev–Trinajstić information content (AvgIpc) is 2.79. The average molecular weight is 409 g/mol. The first kappa shape index (κ1) is 21.8. The van der Waals surface area contributed by atoms with E-state index in [4.69, 9.17) is 0 Å². The molecule has 0 fully saturated rings. The molecule has 4 rings (SSSR count). The molecule has 4 aromatic carbocycles. The lowest BCUT2D eigenvalue weighted by atomic mass is 9.73. The van der Waals surface area contributed by atoms with Gasteiger partial charge in [0.25, 0.3) is 0 Å². The summed E-state index contributed by atoms with van der Waals surface area (Å²) < 4.78 is 25.7. The van der Waals surface area contributed by atoms with Gasteiger partial charge < -0.3 is 0 Å². The molecule has 145 valence electrons. The molecule has 0 amide bonds. The molecule has 0 aliphatic carbocycles. The predicted molar refractivity (Wildman–Crippen MR) is 127 cm³/mol. The standard InChI is InChI=1S/C18H14BFSi.C7H7BF/c20-16-9-7-8-15(14-16)19-21(17-10-3-1-4-11-17)18-12-5-2-6-13-18;1-8-6-3-2-4-7(9)5-6/h1-14H;2-5H,1H3. The number of benzene rings is 4. The van der Waals surface area contributed by atoms with E-state index in [9.17, 15) is 8.78 Å². The van der Waals surface area contributed by atoms with Crippen molar-refractivity contribution in [3.63, 3.8) is 0 Å². The lowest BCUT2D eigenvalue weighted by Crippen LogP contribution is -2.51. The summed E-state index contributed by atoms with van der Waals surface area (Å²) in [6.07, 6.45) is 0. The Morgan fingerprint density at radius 3 is 1.47 bits per heavy atom. The highest BCUT2D eigenvalue weighted by Crippen LogP contribution is 1.96. The maximum absolute atomic E-state index is 13.4. The normalized spacial score (nSPS) is 10.1. The number of hydrogen-bond acceptors (Lipinski definition) is 0. The molecule has 0 saturated carbocycles. The van der Waals surface area contributed by atoms with Crippen LogP contribution in [0.2, 0.25) is 6.82 Å². The van der Waals surface area contributed by atoms with Gasteiger partial charge in [0.1, 0.15) is 18.9 Å². The fraction of sp³-hybridized carbons (Fsp3) is 0.0400. The van der Waals surface area contributed by atoms with Crippen molar-refractivity contribution in [1.29, 1.82) is 0 Å². The first-order valence-corrected chi connectivity index (χ1v) is 11.4. The Morgan fingerprint density at radius 2 is 1.03 bits per heavy atom. The number of rotatable bonds is 5. The molecule has 0 nitrogen and oxygen atoms in total. The van der Waals surface area contributed by atoms with E-state index in [1.165, 1.54) is 28.6 Å². The van der Waals surface area contributed by atoms with Crippen LogP contribution in [0.4, 0.5) is 8.78 Å². The molecule has 0 spiro atoms. The zero-order valence-corrected chi connectivity index (χ0v) is 17.8. The molecule has 3 radical (unpaired) electrons. The number of hydrogen-bond donors (Lipinski definition) is 0. The minimum absolute atomic E-state index is 0.175. The van der Waals surface area contributed by atoms with E-state index in [1.54, 1.807) is 18.2 Å². The van der Waals surface area contributed by atoms with E-state index in [0.29, 0.717) is 0 Å². The number of halogens is 2. The van der Waals surface area contributed by atoms with Gasteiger partial charge in [-0.1, -0.05) is 113 Å². The maximum Gasteiger partial charge on any atom is 0.154 e. The molecular formula is C25H21B2F2Si. The van der Waals surface area contributed by atoms with Gasteiger partial charge in [-0.05, 0) is 24.3 Å². The zero-order valence-electron chi connectivity index (χ0n) is 16.8. The molecule has 0 saturated heterocycles. The first-order chi connectivity index (χ1) is 14.7. The quantitative estimate of drug-likeness (QED) is 0.445. The van der Waals surface area contributed by atoms with Gasteiger partial charge in [0.2, 0.25) is 0 Å². The van der Waals surface area contributed by atoms with Crippen LogP contribution >= 0.6 is 0 Å². The van der Waals surface area contributed by atoms with Crippen molar-refractivity contribution < 1.29 is 8.78 Å². The van der Waals surface area contributed by atoms with E-state index in [0.717, 1.165) is 10.9 Å². The highest BCUT2D eigenvalue weighted by Gasteiger charge is 2.18. The fourth-order valence-electron chi connectivity index (χ4n) is 3.02. The monoisotopic (exact) mass is 409 g/mol. The topological polar surface area (TPSA) is 0 Å². The predicted octanol–water partition coefficient (Wildman–Crippen LogP) is 3.16. The SMILES string of the molecule is C[B]c1cccc(F)c1.Fc1cccc([B][Si](c2ccccc2)c2ccccc2)c1. The summed E-state index contributed by atoms with van der Waals surface area (Å²) in [5.74, 6) is -0.364. The van der Waals surface area contributed by atoms with Crippen LogP contribution in [-0.4, -0.2) is 22.8 Å². The smallest absolute Gasteiger partial charge is 0.154 e. The second-order valence-electron chi connectivity index (χ2n) is 6.69. The third-order valence-electron chi connectivity index (χ3n) is 4.51. The Hall–Kier alpha value is -2.91. The van der Waals surface area contributed by atoms with Crippen molar-refractivity contribution in [2.75, 3.05) is 0 Å². The molecule has 0 aliphatic rings. The Balaban J connectivity index is 0.000000239. The van der Waals surface area contributed by atoms with Gasteiger partial charge >= 0.3 is 0 Å². The molecule has 4 aromatic rings. The van der Waals surface area contributed by atoms with E-state index >= 15 is 0 Å². The van der Waals surface area contributed by atoms with Crippen LogP contribution in [0.5, 0.6) is 0 Å². The second-order valence-corrected chi connectivity index (χ2v) is 8.96. The van der Waals surface area contributed by atoms with Crippen molar-refractivity contribution in [2.45, 2.75) is 6.82 Å². The molecule has 0 atom stereocenters. The van der Waals surface area contributed by atoms with Crippen molar-refractivity contribution in [1.82, 2.24) is 0 Å². The minimum Gasteiger partial charge on any atom is -0.207 e. The van der Waals surface area contributed by atoms with Crippen LogP contribution in [0.3, 0.4) is 0 Å². The van der Waals surface area contributed by atoms with Crippen LogP contribution in [0.25, 0.3) is 0 Å². The minimum atomic E-state index is -1.06. The second kappa shape index (κ2) is 11.3. The van der Waals surface area contributed by atoms with E-state index in [2.05, 4.69) is 55.4 Å². The van der Waals surface area contributed by atoms with Gasteiger partial charge in [-0.15, -0.1) is 0 Å². The summed E-state index contributed by atoms with van der Waals surface area (Å²) in [6.45, 7) is 4.09. The van der Waals surface area contributed by atoms with Gasteiger partial charge in [0.15, 0.2) is 6.87 Å². The Kier molecular flexibility index (Phi) is 8.22.